The number of hydrogen-bond acceptors (Lipinski definition) is 5. The Balaban J connectivity index is 1.60. The minimum absolute atomic E-state index is 0.0603. The predicted molar refractivity (Wildman–Crippen MR) is 108 cm³/mol. The van der Waals surface area contributed by atoms with Crippen LogP contribution in [0.4, 0.5) is 14.5 Å². The van der Waals surface area contributed by atoms with E-state index in [2.05, 4.69) is 9.88 Å². The van der Waals surface area contributed by atoms with E-state index in [0.717, 1.165) is 12.1 Å². The van der Waals surface area contributed by atoms with Crippen molar-refractivity contribution in [3.63, 3.8) is 0 Å². The molecule has 1 unspecified atom stereocenters. The third kappa shape index (κ3) is 3.59. The lowest BCUT2D eigenvalue weighted by atomic mass is 9.95. The number of pyridine rings is 2. The lowest BCUT2D eigenvalue weighted by Gasteiger charge is -2.38. The first-order valence-corrected chi connectivity index (χ1v) is 9.65. The molecule has 0 radical (unpaired) electrons. The van der Waals surface area contributed by atoms with Gasteiger partial charge < -0.3 is 14.2 Å². The summed E-state index contributed by atoms with van der Waals surface area (Å²) in [5, 5.41) is 9.21. The molecule has 0 saturated carbocycles. The SMILES string of the molecule is CC1CN(c2cc(=O)n(C)c3ccc(C#N)nc23)CC[C@@H]1Oc1ccc(F)c(F)c1. The average molecular weight is 410 g/mol. The molecule has 3 heterocycles. The second kappa shape index (κ2) is 7.75. The molecule has 0 amide bonds. The van der Waals surface area contributed by atoms with Gasteiger partial charge >= 0.3 is 0 Å². The fourth-order valence-corrected chi connectivity index (χ4v) is 3.86. The van der Waals surface area contributed by atoms with Crippen LogP contribution in [0.15, 0.2) is 41.2 Å². The van der Waals surface area contributed by atoms with Crippen LogP contribution in [-0.2, 0) is 7.05 Å². The fraction of sp³-hybridized carbons (Fsp3) is 0.318. The maximum absolute atomic E-state index is 13.5. The van der Waals surface area contributed by atoms with Crippen molar-refractivity contribution >= 4 is 16.7 Å². The predicted octanol–water partition coefficient (Wildman–Crippen LogP) is 3.38. The molecule has 8 heteroatoms. The summed E-state index contributed by atoms with van der Waals surface area (Å²) in [4.78, 5) is 18.9. The van der Waals surface area contributed by atoms with Gasteiger partial charge in [0.25, 0.3) is 5.56 Å². The first-order chi connectivity index (χ1) is 14.4. The quantitative estimate of drug-likeness (QED) is 0.662. The molecule has 1 saturated heterocycles. The number of hydrogen-bond donors (Lipinski definition) is 0. The summed E-state index contributed by atoms with van der Waals surface area (Å²) in [5.74, 6) is -1.50. The third-order valence-corrected chi connectivity index (χ3v) is 5.53. The van der Waals surface area contributed by atoms with E-state index in [0.29, 0.717) is 42.0 Å². The smallest absolute Gasteiger partial charge is 0.252 e. The first kappa shape index (κ1) is 19.8. The summed E-state index contributed by atoms with van der Waals surface area (Å²) in [6.45, 7) is 3.20. The first-order valence-electron chi connectivity index (χ1n) is 9.65. The van der Waals surface area contributed by atoms with Crippen molar-refractivity contribution in [3.05, 3.63) is 64.1 Å². The number of aromatic nitrogens is 2. The average Bonchev–Trinajstić information content (AvgIpc) is 2.74. The van der Waals surface area contributed by atoms with Gasteiger partial charge in [-0.25, -0.2) is 13.8 Å². The zero-order valence-corrected chi connectivity index (χ0v) is 16.6. The van der Waals surface area contributed by atoms with Crippen molar-refractivity contribution in [2.45, 2.75) is 19.4 Å². The molecule has 0 aliphatic carbocycles. The van der Waals surface area contributed by atoms with E-state index in [1.54, 1.807) is 25.2 Å². The molecule has 154 valence electrons. The molecule has 0 bridgehead atoms. The number of rotatable bonds is 3. The van der Waals surface area contributed by atoms with Crippen LogP contribution < -0.4 is 15.2 Å². The van der Waals surface area contributed by atoms with Crippen molar-refractivity contribution in [1.29, 1.82) is 5.26 Å². The van der Waals surface area contributed by atoms with Gasteiger partial charge in [0.05, 0.1) is 11.2 Å². The zero-order valence-electron chi connectivity index (χ0n) is 16.6. The molecule has 1 aliphatic rings. The van der Waals surface area contributed by atoms with Crippen LogP contribution >= 0.6 is 0 Å². The summed E-state index contributed by atoms with van der Waals surface area (Å²) >= 11 is 0. The van der Waals surface area contributed by atoms with Crippen LogP contribution in [0.1, 0.15) is 19.0 Å². The van der Waals surface area contributed by atoms with Gasteiger partial charge in [0.15, 0.2) is 11.6 Å². The van der Waals surface area contributed by atoms with Crippen LogP contribution in [0, 0.1) is 28.9 Å². The molecule has 4 rings (SSSR count). The summed E-state index contributed by atoms with van der Waals surface area (Å²) in [6, 6.07) is 10.4. The maximum atomic E-state index is 13.5. The Morgan fingerprint density at radius 3 is 2.70 bits per heavy atom. The molecule has 30 heavy (non-hydrogen) atoms. The van der Waals surface area contributed by atoms with Gasteiger partial charge in [-0.2, -0.15) is 5.26 Å². The number of anilines is 1. The molecule has 0 N–H and O–H groups in total. The van der Waals surface area contributed by atoms with E-state index in [4.69, 9.17) is 4.74 Å². The normalized spacial score (nSPS) is 19.0. The molecule has 2 aromatic heterocycles. The molecule has 2 atom stereocenters. The van der Waals surface area contributed by atoms with E-state index < -0.39 is 11.6 Å². The number of nitrogens with zero attached hydrogens (tertiary/aromatic N) is 4. The monoisotopic (exact) mass is 410 g/mol. The number of nitriles is 1. The molecule has 1 aliphatic heterocycles. The highest BCUT2D eigenvalue weighted by atomic mass is 19.2. The highest BCUT2D eigenvalue weighted by Gasteiger charge is 2.29. The lowest BCUT2D eigenvalue weighted by Crippen LogP contribution is -2.45. The van der Waals surface area contributed by atoms with Crippen molar-refractivity contribution < 1.29 is 13.5 Å². The number of fused-ring (bicyclic) bond motifs is 1. The van der Waals surface area contributed by atoms with Crippen LogP contribution in [0.2, 0.25) is 0 Å². The van der Waals surface area contributed by atoms with E-state index in [9.17, 15) is 18.8 Å². The van der Waals surface area contributed by atoms with Crippen LogP contribution in [0.25, 0.3) is 11.0 Å². The van der Waals surface area contributed by atoms with Gasteiger partial charge in [-0.05, 0) is 24.3 Å². The molecule has 6 nitrogen and oxygen atoms in total. The molecule has 1 aromatic carbocycles. The Bertz CT molecular complexity index is 1220. The zero-order chi connectivity index (χ0) is 21.4. The molecular formula is C22H20F2N4O2. The highest BCUT2D eigenvalue weighted by Crippen LogP contribution is 2.30. The maximum Gasteiger partial charge on any atom is 0.252 e. The van der Waals surface area contributed by atoms with E-state index in [-0.39, 0.29) is 23.3 Å². The second-order valence-electron chi connectivity index (χ2n) is 7.55. The molecular weight excluding hydrogens is 390 g/mol. The Morgan fingerprint density at radius 2 is 2.00 bits per heavy atom. The molecule has 0 spiro atoms. The Kier molecular flexibility index (Phi) is 5.12. The molecule has 3 aromatic rings. The number of aryl methyl sites for hydroxylation is 1. The van der Waals surface area contributed by atoms with Crippen LogP contribution in [-0.4, -0.2) is 28.7 Å². The van der Waals surface area contributed by atoms with Gasteiger partial charge in [-0.3, -0.25) is 4.79 Å². The lowest BCUT2D eigenvalue weighted by molar-refractivity contribution is 0.121. The Hall–Kier alpha value is -3.47. The van der Waals surface area contributed by atoms with E-state index in [1.807, 2.05) is 13.0 Å². The van der Waals surface area contributed by atoms with Gasteiger partial charge in [0.2, 0.25) is 0 Å². The summed E-state index contributed by atoms with van der Waals surface area (Å²) in [7, 11) is 1.67. The van der Waals surface area contributed by atoms with E-state index in [1.165, 1.54) is 10.6 Å². The van der Waals surface area contributed by atoms with Gasteiger partial charge in [0.1, 0.15) is 29.1 Å². The van der Waals surface area contributed by atoms with Crippen molar-refractivity contribution in [3.8, 4) is 11.8 Å². The summed E-state index contributed by atoms with van der Waals surface area (Å²) in [5.41, 5.74) is 2.07. The minimum atomic E-state index is -0.941. The Labute approximate surface area is 171 Å². The van der Waals surface area contributed by atoms with E-state index >= 15 is 0 Å². The minimum Gasteiger partial charge on any atom is -0.490 e. The van der Waals surface area contributed by atoms with Crippen molar-refractivity contribution in [2.75, 3.05) is 18.0 Å². The van der Waals surface area contributed by atoms with Crippen LogP contribution in [0.5, 0.6) is 5.75 Å². The van der Waals surface area contributed by atoms with Gasteiger partial charge in [0, 0.05) is 44.6 Å². The van der Waals surface area contributed by atoms with Gasteiger partial charge in [-0.15, -0.1) is 0 Å². The standard InChI is InChI=1S/C22H20F2N4O2/c1-13-12-28(8-7-20(13)30-15-4-5-16(23)17(24)9-15)19-10-21(29)27(2)18-6-3-14(11-25)26-22(18)19/h3-6,9-10,13,20H,7-8,12H2,1-2H3/t13?,20-/m0/s1. The number of halogens is 2. The van der Waals surface area contributed by atoms with Crippen molar-refractivity contribution in [2.24, 2.45) is 13.0 Å². The van der Waals surface area contributed by atoms with Crippen LogP contribution in [0.3, 0.4) is 0 Å². The molecule has 1 fully saturated rings. The van der Waals surface area contributed by atoms with Gasteiger partial charge in [-0.1, -0.05) is 6.92 Å². The number of piperidine rings is 1. The van der Waals surface area contributed by atoms with Crippen molar-refractivity contribution in [1.82, 2.24) is 9.55 Å². The fourth-order valence-electron chi connectivity index (χ4n) is 3.86. The third-order valence-electron chi connectivity index (χ3n) is 5.53. The summed E-state index contributed by atoms with van der Waals surface area (Å²) < 4.78 is 34.0. The number of benzene rings is 1. The highest BCUT2D eigenvalue weighted by molar-refractivity contribution is 5.88. The largest absolute Gasteiger partial charge is 0.490 e. The number of ether oxygens (including phenoxy) is 1. The Morgan fingerprint density at radius 1 is 1.20 bits per heavy atom. The topological polar surface area (TPSA) is 71.2 Å². The summed E-state index contributed by atoms with van der Waals surface area (Å²) in [6.07, 6.45) is 0.459. The second-order valence-corrected chi connectivity index (χ2v) is 7.55.